The molecule has 0 aromatic heterocycles. The van der Waals surface area contributed by atoms with Crippen LogP contribution in [0.3, 0.4) is 0 Å². The van der Waals surface area contributed by atoms with E-state index in [-0.39, 0.29) is 0 Å². The number of hydrogen-bond donors (Lipinski definition) is 0. The molecule has 0 saturated heterocycles. The zero-order valence-electron chi connectivity index (χ0n) is 6.91. The molecule has 9 heavy (non-hydrogen) atoms. The van der Waals surface area contributed by atoms with Crippen LogP contribution in [0.4, 0.5) is 0 Å². The van der Waals surface area contributed by atoms with Crippen molar-refractivity contribution in [3.8, 4) is 0 Å². The molecule has 0 bridgehead atoms. The Kier molecular flexibility index (Phi) is 4.63. The van der Waals surface area contributed by atoms with E-state index in [0.717, 1.165) is 0 Å². The molecule has 0 heterocycles. The Labute approximate surface area is 63.2 Å². The van der Waals surface area contributed by atoms with Gasteiger partial charge in [0.15, 0.2) is 0 Å². The van der Waals surface area contributed by atoms with Gasteiger partial charge in [0.25, 0.3) is 0 Å². The summed E-state index contributed by atoms with van der Waals surface area (Å²) >= 11 is -1.38. The quantitative estimate of drug-likeness (QED) is 0.397. The summed E-state index contributed by atoms with van der Waals surface area (Å²) in [6, 6.07) is 0. The molecule has 0 unspecified atom stereocenters. The van der Waals surface area contributed by atoms with E-state index in [1.54, 1.807) is 0 Å². The van der Waals surface area contributed by atoms with Crippen molar-refractivity contribution in [3.63, 3.8) is 0 Å². The Bertz CT molecular complexity index is 79.1. The Morgan fingerprint density at radius 2 is 1.89 bits per heavy atom. The van der Waals surface area contributed by atoms with E-state index in [1.165, 1.54) is 17.3 Å². The summed E-state index contributed by atoms with van der Waals surface area (Å²) in [7, 11) is 0. The first-order valence-electron chi connectivity index (χ1n) is 3.67. The average molecular weight is 233 g/mol. The van der Waals surface area contributed by atoms with Gasteiger partial charge < -0.3 is 0 Å². The maximum absolute atomic E-state index is 3.70. The minimum atomic E-state index is -1.38. The summed E-state index contributed by atoms with van der Waals surface area (Å²) < 4.78 is 1.51. The summed E-state index contributed by atoms with van der Waals surface area (Å²) in [5, 5.41) is 0. The van der Waals surface area contributed by atoms with E-state index < -0.39 is 18.4 Å². The van der Waals surface area contributed by atoms with Crippen molar-refractivity contribution < 1.29 is 0 Å². The van der Waals surface area contributed by atoms with Crippen LogP contribution >= 0.6 is 0 Å². The predicted octanol–water partition coefficient (Wildman–Crippen LogP) is 3.29. The third kappa shape index (κ3) is 8.54. The Hall–Kier alpha value is 0.539. The fourth-order valence-electron chi connectivity index (χ4n) is 0.777. The van der Waals surface area contributed by atoms with Crippen LogP contribution in [0.25, 0.3) is 0 Å². The van der Waals surface area contributed by atoms with Gasteiger partial charge in [-0.05, 0) is 0 Å². The van der Waals surface area contributed by atoms with Crippen LogP contribution in [0.5, 0.6) is 0 Å². The summed E-state index contributed by atoms with van der Waals surface area (Å²) in [6.45, 7) is 3.70. The molecule has 0 nitrogen and oxygen atoms in total. The molecular weight excluding hydrogens is 215 g/mol. The van der Waals surface area contributed by atoms with E-state index in [0.29, 0.717) is 0 Å². The van der Waals surface area contributed by atoms with Gasteiger partial charge in [-0.1, -0.05) is 0 Å². The van der Waals surface area contributed by atoms with Crippen LogP contribution < -0.4 is 0 Å². The molecule has 0 aromatic rings. The summed E-state index contributed by atoms with van der Waals surface area (Å²) in [5.41, 5.74) is 0. The Balaban J connectivity index is 3.17. The van der Waals surface area contributed by atoms with E-state index in [9.17, 15) is 0 Å². The molecule has 0 saturated carbocycles. The van der Waals surface area contributed by atoms with Crippen molar-refractivity contribution in [2.45, 2.75) is 32.1 Å². The molecular formula is C8H18Sn. The van der Waals surface area contributed by atoms with Gasteiger partial charge in [0, 0.05) is 0 Å². The predicted molar refractivity (Wildman–Crippen MR) is 47.6 cm³/mol. The zero-order chi connectivity index (χ0) is 7.33. The van der Waals surface area contributed by atoms with Crippen molar-refractivity contribution in [3.05, 3.63) is 12.7 Å². The maximum atomic E-state index is 3.70. The van der Waals surface area contributed by atoms with Crippen LogP contribution in [0, 0.1) is 0 Å². The van der Waals surface area contributed by atoms with E-state index >= 15 is 0 Å². The third-order valence-corrected chi connectivity index (χ3v) is 6.63. The molecule has 0 aromatic carbocycles. The monoisotopic (exact) mass is 234 g/mol. The second-order valence-electron chi connectivity index (χ2n) is 3.74. The Morgan fingerprint density at radius 3 is 2.22 bits per heavy atom. The molecule has 0 fully saturated rings. The average Bonchev–Trinajstić information content (AvgIpc) is 1.63. The molecule has 0 aliphatic carbocycles. The second-order valence-corrected chi connectivity index (χ2v) is 19.8. The summed E-state index contributed by atoms with van der Waals surface area (Å²) in [5.74, 6) is 0. The van der Waals surface area contributed by atoms with Crippen molar-refractivity contribution in [1.29, 1.82) is 0 Å². The first-order chi connectivity index (χ1) is 4.06. The van der Waals surface area contributed by atoms with Crippen molar-refractivity contribution in [2.75, 3.05) is 0 Å². The fourth-order valence-corrected chi connectivity index (χ4v) is 4.39. The molecule has 0 N–H and O–H groups in total. The molecule has 54 valence electrons. The zero-order valence-corrected chi connectivity index (χ0v) is 9.76. The number of hydrogen-bond acceptors (Lipinski definition) is 0. The molecule has 0 atom stereocenters. The van der Waals surface area contributed by atoms with Crippen molar-refractivity contribution in [2.24, 2.45) is 0 Å². The third-order valence-electron chi connectivity index (χ3n) is 1.34. The second kappa shape index (κ2) is 4.37. The topological polar surface area (TPSA) is 0 Å². The molecule has 0 amide bonds. The van der Waals surface area contributed by atoms with Gasteiger partial charge in [-0.2, -0.15) is 0 Å². The van der Waals surface area contributed by atoms with Crippen LogP contribution in [-0.4, -0.2) is 18.4 Å². The number of allylic oxidation sites excluding steroid dienone is 1. The summed E-state index contributed by atoms with van der Waals surface area (Å²) in [4.78, 5) is 7.45. The van der Waals surface area contributed by atoms with Crippen LogP contribution in [0.2, 0.25) is 19.3 Å². The summed E-state index contributed by atoms with van der Waals surface area (Å²) in [6.07, 6.45) is 4.62. The molecule has 0 aliphatic heterocycles. The minimum absolute atomic E-state index is 1.22. The SMILES string of the molecule is C=CCC[CH2][Sn]([CH3])([CH3])[CH3]. The van der Waals surface area contributed by atoms with Crippen LogP contribution in [0.1, 0.15) is 12.8 Å². The van der Waals surface area contributed by atoms with Crippen LogP contribution in [0.15, 0.2) is 12.7 Å². The van der Waals surface area contributed by atoms with Crippen molar-refractivity contribution in [1.82, 2.24) is 0 Å². The van der Waals surface area contributed by atoms with Gasteiger partial charge in [-0.3, -0.25) is 0 Å². The van der Waals surface area contributed by atoms with E-state index in [1.807, 2.05) is 6.08 Å². The fraction of sp³-hybridized carbons (Fsp3) is 0.750. The van der Waals surface area contributed by atoms with Gasteiger partial charge >= 0.3 is 63.1 Å². The first kappa shape index (κ1) is 9.54. The van der Waals surface area contributed by atoms with Gasteiger partial charge in [0.1, 0.15) is 0 Å². The molecule has 0 rings (SSSR count). The van der Waals surface area contributed by atoms with Gasteiger partial charge in [-0.25, -0.2) is 0 Å². The Morgan fingerprint density at radius 1 is 1.33 bits per heavy atom. The first-order valence-corrected chi connectivity index (χ1v) is 14.3. The number of rotatable bonds is 4. The molecule has 0 aliphatic rings. The normalized spacial score (nSPS) is 11.4. The molecule has 0 radical (unpaired) electrons. The van der Waals surface area contributed by atoms with Crippen LogP contribution in [-0.2, 0) is 0 Å². The molecule has 0 spiro atoms. The van der Waals surface area contributed by atoms with Crippen molar-refractivity contribution >= 4 is 18.4 Å². The van der Waals surface area contributed by atoms with Gasteiger partial charge in [-0.15, -0.1) is 0 Å². The van der Waals surface area contributed by atoms with Gasteiger partial charge in [0.05, 0.1) is 0 Å². The molecule has 1 heteroatoms. The standard InChI is InChI=1S/C5H9.3CH3.Sn/c1-3-5-4-2;;;;/h3H,1-2,4-5H2;3*1H3;. The number of unbranched alkanes of at least 4 members (excludes halogenated alkanes) is 1. The van der Waals surface area contributed by atoms with E-state index in [2.05, 4.69) is 21.4 Å². The van der Waals surface area contributed by atoms with E-state index in [4.69, 9.17) is 0 Å². The van der Waals surface area contributed by atoms with Gasteiger partial charge in [0.2, 0.25) is 0 Å².